The first kappa shape index (κ1) is 17.7. The van der Waals surface area contributed by atoms with Crippen molar-refractivity contribution in [3.05, 3.63) is 30.3 Å². The Kier molecular flexibility index (Phi) is 5.58. The molecule has 2 fully saturated rings. The van der Waals surface area contributed by atoms with Crippen molar-refractivity contribution in [3.63, 3.8) is 0 Å². The van der Waals surface area contributed by atoms with E-state index < -0.39 is 6.04 Å². The predicted molar refractivity (Wildman–Crippen MR) is 96.4 cm³/mol. The Morgan fingerprint density at radius 2 is 1.92 bits per heavy atom. The van der Waals surface area contributed by atoms with Gasteiger partial charge in [-0.2, -0.15) is 0 Å². The van der Waals surface area contributed by atoms with Crippen LogP contribution in [0.2, 0.25) is 0 Å². The van der Waals surface area contributed by atoms with E-state index in [-0.39, 0.29) is 23.6 Å². The number of ether oxygens (including phenoxy) is 1. The monoisotopic (exact) mass is 345 g/mol. The van der Waals surface area contributed by atoms with Gasteiger partial charge in [-0.05, 0) is 44.7 Å². The number of anilines is 1. The first-order valence-corrected chi connectivity index (χ1v) is 9.13. The average Bonchev–Trinajstić information content (AvgIpc) is 3.03. The molecule has 25 heavy (non-hydrogen) atoms. The van der Waals surface area contributed by atoms with Crippen molar-refractivity contribution < 1.29 is 14.3 Å². The van der Waals surface area contributed by atoms with Crippen molar-refractivity contribution in [2.75, 3.05) is 11.9 Å². The van der Waals surface area contributed by atoms with Gasteiger partial charge in [0.1, 0.15) is 6.04 Å². The fourth-order valence-corrected chi connectivity index (χ4v) is 3.78. The lowest BCUT2D eigenvalue weighted by atomic mass is 9.89. The Morgan fingerprint density at radius 1 is 1.20 bits per heavy atom. The molecule has 1 aromatic rings. The summed E-state index contributed by atoms with van der Waals surface area (Å²) in [4.78, 5) is 24.4. The highest BCUT2D eigenvalue weighted by Gasteiger charge is 2.40. The molecule has 1 saturated carbocycles. The SMILES string of the molecule is CC(NC(=O)NC1CCOC2(CCCC2)C1)C(=O)Nc1ccccc1. The molecule has 1 spiro atoms. The number of hydrogen-bond donors (Lipinski definition) is 3. The van der Waals surface area contributed by atoms with Crippen LogP contribution in [0.3, 0.4) is 0 Å². The van der Waals surface area contributed by atoms with Crippen LogP contribution in [0, 0.1) is 0 Å². The molecule has 3 rings (SSSR count). The third-order valence-electron chi connectivity index (χ3n) is 5.13. The van der Waals surface area contributed by atoms with E-state index in [0.717, 1.165) is 25.7 Å². The maximum Gasteiger partial charge on any atom is 0.315 e. The van der Waals surface area contributed by atoms with E-state index >= 15 is 0 Å². The molecule has 0 bridgehead atoms. The standard InChI is InChI=1S/C19H27N3O3/c1-14(17(23)21-15-7-3-2-4-8-15)20-18(24)22-16-9-12-25-19(13-16)10-5-6-11-19/h2-4,7-8,14,16H,5-6,9-13H2,1H3,(H,21,23)(H2,20,22,24). The first-order chi connectivity index (χ1) is 12.1. The zero-order valence-corrected chi connectivity index (χ0v) is 14.7. The molecule has 6 heteroatoms. The summed E-state index contributed by atoms with van der Waals surface area (Å²) in [5.74, 6) is -0.236. The maximum atomic E-state index is 12.2. The van der Waals surface area contributed by atoms with Gasteiger partial charge in [-0.25, -0.2) is 4.79 Å². The van der Waals surface area contributed by atoms with Gasteiger partial charge in [-0.3, -0.25) is 4.79 Å². The number of nitrogens with one attached hydrogen (secondary N) is 3. The molecule has 6 nitrogen and oxygen atoms in total. The second kappa shape index (κ2) is 7.87. The highest BCUT2D eigenvalue weighted by Crippen LogP contribution is 2.39. The van der Waals surface area contributed by atoms with Crippen molar-refractivity contribution in [1.82, 2.24) is 10.6 Å². The highest BCUT2D eigenvalue weighted by atomic mass is 16.5. The van der Waals surface area contributed by atoms with Crippen molar-refractivity contribution in [1.29, 1.82) is 0 Å². The lowest BCUT2D eigenvalue weighted by Gasteiger charge is -2.38. The first-order valence-electron chi connectivity index (χ1n) is 9.13. The molecular weight excluding hydrogens is 318 g/mol. The van der Waals surface area contributed by atoms with Gasteiger partial charge in [0.2, 0.25) is 5.91 Å². The van der Waals surface area contributed by atoms with E-state index in [2.05, 4.69) is 16.0 Å². The number of para-hydroxylation sites is 1. The molecule has 2 aliphatic rings. The normalized spacial score (nSPS) is 23.0. The molecule has 1 saturated heterocycles. The average molecular weight is 345 g/mol. The summed E-state index contributed by atoms with van der Waals surface area (Å²) in [6, 6.07) is 8.42. The van der Waals surface area contributed by atoms with Crippen molar-refractivity contribution >= 4 is 17.6 Å². The summed E-state index contributed by atoms with van der Waals surface area (Å²) in [6.45, 7) is 2.37. The molecule has 2 atom stereocenters. The molecular formula is C19H27N3O3. The quantitative estimate of drug-likeness (QED) is 0.785. The van der Waals surface area contributed by atoms with Gasteiger partial charge in [-0.1, -0.05) is 31.0 Å². The van der Waals surface area contributed by atoms with E-state index in [1.54, 1.807) is 6.92 Å². The summed E-state index contributed by atoms with van der Waals surface area (Å²) >= 11 is 0. The molecule has 1 heterocycles. The van der Waals surface area contributed by atoms with Crippen molar-refractivity contribution in [3.8, 4) is 0 Å². The lowest BCUT2D eigenvalue weighted by molar-refractivity contribution is -0.117. The molecule has 2 unspecified atom stereocenters. The second-order valence-electron chi connectivity index (χ2n) is 7.12. The maximum absolute atomic E-state index is 12.2. The van der Waals surface area contributed by atoms with E-state index in [0.29, 0.717) is 12.3 Å². The van der Waals surface area contributed by atoms with Crippen LogP contribution in [-0.2, 0) is 9.53 Å². The molecule has 0 radical (unpaired) electrons. The number of amides is 3. The zero-order valence-electron chi connectivity index (χ0n) is 14.7. The molecule has 1 aromatic carbocycles. The Hall–Kier alpha value is -2.08. The lowest BCUT2D eigenvalue weighted by Crippen LogP contribution is -2.53. The number of rotatable bonds is 4. The number of benzene rings is 1. The minimum Gasteiger partial charge on any atom is -0.375 e. The molecule has 3 N–H and O–H groups in total. The molecule has 136 valence electrons. The second-order valence-corrected chi connectivity index (χ2v) is 7.12. The van der Waals surface area contributed by atoms with Gasteiger partial charge in [0.15, 0.2) is 0 Å². The molecule has 3 amide bonds. The summed E-state index contributed by atoms with van der Waals surface area (Å²) in [7, 11) is 0. The highest BCUT2D eigenvalue weighted by molar-refractivity contribution is 5.96. The van der Waals surface area contributed by atoms with Crippen LogP contribution < -0.4 is 16.0 Å². The Balaban J connectivity index is 1.46. The Labute approximate surface area is 148 Å². The summed E-state index contributed by atoms with van der Waals surface area (Å²) < 4.78 is 5.99. The number of hydrogen-bond acceptors (Lipinski definition) is 3. The van der Waals surface area contributed by atoms with Crippen LogP contribution >= 0.6 is 0 Å². The zero-order chi connectivity index (χ0) is 17.7. The summed E-state index contributed by atoms with van der Waals surface area (Å²) in [5, 5.41) is 8.52. The minimum absolute atomic E-state index is 0.0352. The van der Waals surface area contributed by atoms with Crippen LogP contribution in [0.5, 0.6) is 0 Å². The molecule has 1 aliphatic carbocycles. The third kappa shape index (κ3) is 4.72. The van der Waals surface area contributed by atoms with Crippen molar-refractivity contribution in [2.45, 2.75) is 63.1 Å². The smallest absolute Gasteiger partial charge is 0.315 e. The minimum atomic E-state index is -0.611. The van der Waals surface area contributed by atoms with E-state index in [4.69, 9.17) is 4.74 Å². The van der Waals surface area contributed by atoms with E-state index in [1.165, 1.54) is 12.8 Å². The molecule has 0 aromatic heterocycles. The summed E-state index contributed by atoms with van der Waals surface area (Å²) in [6.07, 6.45) is 6.27. The Bertz CT molecular complexity index is 599. The third-order valence-corrected chi connectivity index (χ3v) is 5.13. The van der Waals surface area contributed by atoms with Gasteiger partial charge in [0, 0.05) is 18.3 Å². The predicted octanol–water partition coefficient (Wildman–Crippen LogP) is 2.80. The van der Waals surface area contributed by atoms with Gasteiger partial charge >= 0.3 is 6.03 Å². The van der Waals surface area contributed by atoms with Crippen LogP contribution in [-0.4, -0.2) is 36.2 Å². The largest absolute Gasteiger partial charge is 0.375 e. The van der Waals surface area contributed by atoms with Crippen LogP contribution in [0.1, 0.15) is 45.4 Å². The molecule has 1 aliphatic heterocycles. The van der Waals surface area contributed by atoms with Crippen LogP contribution in [0.15, 0.2) is 30.3 Å². The van der Waals surface area contributed by atoms with E-state index in [1.807, 2.05) is 30.3 Å². The van der Waals surface area contributed by atoms with E-state index in [9.17, 15) is 9.59 Å². The van der Waals surface area contributed by atoms with Gasteiger partial charge in [0.05, 0.1) is 5.60 Å². The number of carbonyl (C=O) groups excluding carboxylic acids is 2. The van der Waals surface area contributed by atoms with Crippen molar-refractivity contribution in [2.24, 2.45) is 0 Å². The fraction of sp³-hybridized carbons (Fsp3) is 0.579. The van der Waals surface area contributed by atoms with Gasteiger partial charge in [-0.15, -0.1) is 0 Å². The summed E-state index contributed by atoms with van der Waals surface area (Å²) in [5.41, 5.74) is 0.682. The Morgan fingerprint density at radius 3 is 2.64 bits per heavy atom. The van der Waals surface area contributed by atoms with Crippen LogP contribution in [0.4, 0.5) is 10.5 Å². The van der Waals surface area contributed by atoms with Gasteiger partial charge in [0.25, 0.3) is 0 Å². The number of urea groups is 1. The van der Waals surface area contributed by atoms with Crippen LogP contribution in [0.25, 0.3) is 0 Å². The van der Waals surface area contributed by atoms with Gasteiger partial charge < -0.3 is 20.7 Å². The fourth-order valence-electron chi connectivity index (χ4n) is 3.78. The number of carbonyl (C=O) groups is 2. The topological polar surface area (TPSA) is 79.5 Å².